The van der Waals surface area contributed by atoms with E-state index in [1.807, 2.05) is 0 Å². The van der Waals surface area contributed by atoms with Crippen LogP contribution < -0.4 is 0 Å². The summed E-state index contributed by atoms with van der Waals surface area (Å²) in [6.07, 6.45) is 46.7. The SMILES string of the molecule is CCCCCCCCCCCCCCCC(=O)O[C@H](COC(=O)CCCCCCCCC)COC(=O)CCCCCCCCCCCCCCCCCCC(C)C. The Morgan fingerprint density at radius 3 is 0.860 bits per heavy atom. The molecule has 0 heterocycles. The van der Waals surface area contributed by atoms with Gasteiger partial charge in [0.2, 0.25) is 0 Å². The van der Waals surface area contributed by atoms with Gasteiger partial charge in [0, 0.05) is 19.3 Å². The Morgan fingerprint density at radius 2 is 0.579 bits per heavy atom. The van der Waals surface area contributed by atoms with Crippen LogP contribution in [0.2, 0.25) is 0 Å². The lowest BCUT2D eigenvalue weighted by Gasteiger charge is -2.18. The van der Waals surface area contributed by atoms with Crippen LogP contribution in [0.3, 0.4) is 0 Å². The second kappa shape index (κ2) is 45.5. The zero-order chi connectivity index (χ0) is 41.7. The van der Waals surface area contributed by atoms with Crippen LogP contribution in [0.4, 0.5) is 0 Å². The number of hydrogen-bond acceptors (Lipinski definition) is 6. The molecule has 0 radical (unpaired) electrons. The maximum atomic E-state index is 12.7. The lowest BCUT2D eigenvalue weighted by molar-refractivity contribution is -0.167. The highest BCUT2D eigenvalue weighted by Gasteiger charge is 2.19. The van der Waals surface area contributed by atoms with Crippen LogP contribution in [0, 0.1) is 5.92 Å². The molecule has 0 rings (SSSR count). The number of hydrogen-bond donors (Lipinski definition) is 0. The molecule has 0 aliphatic heterocycles. The van der Waals surface area contributed by atoms with E-state index in [0.29, 0.717) is 19.3 Å². The lowest BCUT2D eigenvalue weighted by Crippen LogP contribution is -2.30. The van der Waals surface area contributed by atoms with E-state index >= 15 is 0 Å². The fraction of sp³-hybridized carbons (Fsp3) is 0.941. The molecule has 0 unspecified atom stereocenters. The van der Waals surface area contributed by atoms with Crippen LogP contribution in [0.15, 0.2) is 0 Å². The molecule has 0 aromatic carbocycles. The Balaban J connectivity index is 4.16. The summed E-state index contributed by atoms with van der Waals surface area (Å²) >= 11 is 0. The van der Waals surface area contributed by atoms with Gasteiger partial charge < -0.3 is 14.2 Å². The van der Waals surface area contributed by atoms with E-state index in [9.17, 15) is 14.4 Å². The zero-order valence-corrected chi connectivity index (χ0v) is 38.8. The van der Waals surface area contributed by atoms with Crippen molar-refractivity contribution in [3.8, 4) is 0 Å². The summed E-state index contributed by atoms with van der Waals surface area (Å²) in [6.45, 7) is 9.00. The summed E-state index contributed by atoms with van der Waals surface area (Å²) in [5, 5.41) is 0. The summed E-state index contributed by atoms with van der Waals surface area (Å²) in [5.74, 6) is 0.000434. The number of esters is 3. The summed E-state index contributed by atoms with van der Waals surface area (Å²) in [5.41, 5.74) is 0. The van der Waals surface area contributed by atoms with Crippen LogP contribution in [-0.4, -0.2) is 37.2 Å². The molecule has 0 saturated heterocycles. The third-order valence-corrected chi connectivity index (χ3v) is 11.5. The van der Waals surface area contributed by atoms with Gasteiger partial charge in [-0.15, -0.1) is 0 Å². The van der Waals surface area contributed by atoms with Crippen molar-refractivity contribution >= 4 is 17.9 Å². The minimum absolute atomic E-state index is 0.0632. The molecule has 0 saturated carbocycles. The molecule has 6 heteroatoms. The van der Waals surface area contributed by atoms with Gasteiger partial charge in [0.1, 0.15) is 13.2 Å². The average molecular weight is 807 g/mol. The number of carbonyl (C=O) groups is 3. The normalized spacial score (nSPS) is 11.9. The number of unbranched alkanes of at least 4 members (excludes halogenated alkanes) is 33. The van der Waals surface area contributed by atoms with Gasteiger partial charge >= 0.3 is 17.9 Å². The third kappa shape index (κ3) is 45.3. The molecule has 57 heavy (non-hydrogen) atoms. The number of carbonyl (C=O) groups excluding carboxylic acids is 3. The van der Waals surface area contributed by atoms with Crippen LogP contribution in [0.5, 0.6) is 0 Å². The van der Waals surface area contributed by atoms with Crippen LogP contribution in [0.25, 0.3) is 0 Å². The Kier molecular flexibility index (Phi) is 44.2. The number of ether oxygens (including phenoxy) is 3. The van der Waals surface area contributed by atoms with Crippen LogP contribution >= 0.6 is 0 Å². The quantitative estimate of drug-likeness (QED) is 0.0346. The first-order valence-corrected chi connectivity index (χ1v) is 25.4. The van der Waals surface area contributed by atoms with Gasteiger partial charge in [0.05, 0.1) is 0 Å². The summed E-state index contributed by atoms with van der Waals surface area (Å²) in [6, 6.07) is 0. The van der Waals surface area contributed by atoms with Gasteiger partial charge in [0.25, 0.3) is 0 Å². The minimum atomic E-state index is -0.758. The van der Waals surface area contributed by atoms with E-state index in [4.69, 9.17) is 14.2 Å². The topological polar surface area (TPSA) is 78.9 Å². The van der Waals surface area contributed by atoms with Gasteiger partial charge in [-0.05, 0) is 25.2 Å². The molecule has 0 spiro atoms. The van der Waals surface area contributed by atoms with E-state index in [2.05, 4.69) is 27.7 Å². The van der Waals surface area contributed by atoms with Crippen LogP contribution in [0.1, 0.15) is 285 Å². The first-order chi connectivity index (χ1) is 27.9. The molecule has 6 nitrogen and oxygen atoms in total. The van der Waals surface area contributed by atoms with Crippen molar-refractivity contribution in [2.45, 2.75) is 291 Å². The molecular formula is C51H98O6. The molecule has 0 N–H and O–H groups in total. The maximum absolute atomic E-state index is 12.7. The monoisotopic (exact) mass is 807 g/mol. The highest BCUT2D eigenvalue weighted by atomic mass is 16.6. The van der Waals surface area contributed by atoms with E-state index in [1.54, 1.807) is 0 Å². The predicted octanol–water partition coefficient (Wildman–Crippen LogP) is 16.3. The predicted molar refractivity (Wildman–Crippen MR) is 243 cm³/mol. The first kappa shape index (κ1) is 55.4. The molecule has 0 bridgehead atoms. The van der Waals surface area contributed by atoms with Gasteiger partial charge in [-0.2, -0.15) is 0 Å². The molecule has 0 aromatic heterocycles. The van der Waals surface area contributed by atoms with Gasteiger partial charge in [-0.1, -0.05) is 246 Å². The fourth-order valence-electron chi connectivity index (χ4n) is 7.69. The highest BCUT2D eigenvalue weighted by Crippen LogP contribution is 2.17. The van der Waals surface area contributed by atoms with Gasteiger partial charge in [-0.3, -0.25) is 14.4 Å². The molecule has 0 fully saturated rings. The molecule has 0 aliphatic carbocycles. The van der Waals surface area contributed by atoms with Crippen molar-refractivity contribution in [1.29, 1.82) is 0 Å². The van der Waals surface area contributed by atoms with E-state index < -0.39 is 6.10 Å². The standard InChI is InChI=1S/C51H98O6/c1-5-7-9-11-13-14-15-20-25-28-32-36-40-44-51(54)57-48(45-55-49(52)42-38-34-29-12-10-8-6-2)46-56-50(53)43-39-35-31-27-24-22-19-17-16-18-21-23-26-30-33-37-41-47(3)4/h47-48H,5-46H2,1-4H3/t48-/m1/s1. The average Bonchev–Trinajstić information content (AvgIpc) is 3.19. The van der Waals surface area contributed by atoms with E-state index in [0.717, 1.165) is 63.7 Å². The third-order valence-electron chi connectivity index (χ3n) is 11.5. The van der Waals surface area contributed by atoms with Crippen molar-refractivity contribution in [2.75, 3.05) is 13.2 Å². The van der Waals surface area contributed by atoms with Crippen molar-refractivity contribution in [3.63, 3.8) is 0 Å². The van der Waals surface area contributed by atoms with Gasteiger partial charge in [-0.25, -0.2) is 0 Å². The summed E-state index contributed by atoms with van der Waals surface area (Å²) in [4.78, 5) is 37.7. The van der Waals surface area contributed by atoms with Crippen molar-refractivity contribution in [3.05, 3.63) is 0 Å². The molecule has 0 amide bonds. The lowest BCUT2D eigenvalue weighted by atomic mass is 10.0. The molecule has 0 aliphatic rings. The maximum Gasteiger partial charge on any atom is 0.306 e. The van der Waals surface area contributed by atoms with E-state index in [-0.39, 0.29) is 31.1 Å². The molecule has 1 atom stereocenters. The molecular weight excluding hydrogens is 709 g/mol. The zero-order valence-electron chi connectivity index (χ0n) is 38.8. The Bertz CT molecular complexity index is 857. The summed E-state index contributed by atoms with van der Waals surface area (Å²) < 4.78 is 16.7. The number of rotatable bonds is 46. The Hall–Kier alpha value is -1.59. The minimum Gasteiger partial charge on any atom is -0.462 e. The molecule has 0 aromatic rings. The smallest absolute Gasteiger partial charge is 0.306 e. The fourth-order valence-corrected chi connectivity index (χ4v) is 7.69. The molecule has 338 valence electrons. The van der Waals surface area contributed by atoms with Crippen molar-refractivity contribution < 1.29 is 28.6 Å². The second-order valence-corrected chi connectivity index (χ2v) is 17.9. The first-order valence-electron chi connectivity index (χ1n) is 25.4. The van der Waals surface area contributed by atoms with Crippen LogP contribution in [-0.2, 0) is 28.6 Å². The second-order valence-electron chi connectivity index (χ2n) is 17.9. The Labute approximate surface area is 355 Å². The highest BCUT2D eigenvalue weighted by molar-refractivity contribution is 5.71. The van der Waals surface area contributed by atoms with Crippen molar-refractivity contribution in [2.24, 2.45) is 5.92 Å². The van der Waals surface area contributed by atoms with E-state index in [1.165, 1.54) is 180 Å². The van der Waals surface area contributed by atoms with Crippen molar-refractivity contribution in [1.82, 2.24) is 0 Å². The Morgan fingerprint density at radius 1 is 0.333 bits per heavy atom. The van der Waals surface area contributed by atoms with Gasteiger partial charge in [0.15, 0.2) is 6.10 Å². The summed E-state index contributed by atoms with van der Waals surface area (Å²) in [7, 11) is 0. The largest absolute Gasteiger partial charge is 0.462 e.